The Kier molecular flexibility index (Phi) is 3.77. The fourth-order valence-corrected chi connectivity index (χ4v) is 3.75. The Balaban J connectivity index is 1.53. The van der Waals surface area contributed by atoms with Crippen LogP contribution in [0.2, 0.25) is 0 Å². The van der Waals surface area contributed by atoms with E-state index >= 15 is 0 Å². The van der Waals surface area contributed by atoms with E-state index in [0.29, 0.717) is 6.54 Å². The van der Waals surface area contributed by atoms with Gasteiger partial charge in [0.25, 0.3) is 0 Å². The summed E-state index contributed by atoms with van der Waals surface area (Å²) in [7, 11) is 0. The summed E-state index contributed by atoms with van der Waals surface area (Å²) in [5.74, 6) is -0.233. The maximum Gasteiger partial charge on any atom is 0.123 e. The van der Waals surface area contributed by atoms with Gasteiger partial charge in [-0.1, -0.05) is 0 Å². The molecule has 4 aromatic rings. The molecule has 0 saturated carbocycles. The lowest BCUT2D eigenvalue weighted by atomic mass is 10.2. The Morgan fingerprint density at radius 1 is 1.00 bits per heavy atom. The molecule has 1 aromatic carbocycles. The van der Waals surface area contributed by atoms with Crippen molar-refractivity contribution in [3.8, 4) is 21.8 Å². The molecule has 0 radical (unpaired) electrons. The van der Waals surface area contributed by atoms with E-state index in [1.165, 1.54) is 12.1 Å². The minimum absolute atomic E-state index is 0.233. The predicted molar refractivity (Wildman–Crippen MR) is 92.2 cm³/mol. The number of halogens is 1. The summed E-state index contributed by atoms with van der Waals surface area (Å²) < 4.78 is 14.9. The van der Waals surface area contributed by atoms with E-state index in [1.807, 2.05) is 27.7 Å². The molecule has 0 unspecified atom stereocenters. The van der Waals surface area contributed by atoms with Gasteiger partial charge in [0.2, 0.25) is 0 Å². The van der Waals surface area contributed by atoms with Gasteiger partial charge in [-0.05, 0) is 41.8 Å². The van der Waals surface area contributed by atoms with Crippen LogP contribution in [0.5, 0.6) is 0 Å². The molecule has 0 amide bonds. The van der Waals surface area contributed by atoms with Gasteiger partial charge in [0, 0.05) is 28.1 Å². The molecular weight excluding hydrogens is 329 g/mol. The summed E-state index contributed by atoms with van der Waals surface area (Å²) in [4.78, 5) is 4.61. The van der Waals surface area contributed by atoms with Crippen molar-refractivity contribution in [2.75, 3.05) is 0 Å². The van der Waals surface area contributed by atoms with E-state index in [2.05, 4.69) is 21.5 Å². The van der Waals surface area contributed by atoms with Gasteiger partial charge in [0.15, 0.2) is 0 Å². The fraction of sp³-hybridized carbons (Fsp3) is 0.0588. The average Bonchev–Trinajstić information content (AvgIpc) is 3.29. The monoisotopic (exact) mass is 341 g/mol. The maximum absolute atomic E-state index is 13.0. The van der Waals surface area contributed by atoms with E-state index in [1.54, 1.807) is 34.8 Å². The lowest BCUT2D eigenvalue weighted by Gasteiger charge is -1.98. The Hall–Kier alpha value is -2.31. The van der Waals surface area contributed by atoms with Crippen molar-refractivity contribution in [2.45, 2.75) is 6.54 Å². The van der Waals surface area contributed by atoms with Crippen molar-refractivity contribution in [2.24, 2.45) is 0 Å². The third-order valence-electron chi connectivity index (χ3n) is 3.42. The molecule has 0 aliphatic rings. The van der Waals surface area contributed by atoms with Gasteiger partial charge < -0.3 is 0 Å². The van der Waals surface area contributed by atoms with Crippen molar-refractivity contribution in [3.63, 3.8) is 0 Å². The number of thiazole rings is 1. The van der Waals surface area contributed by atoms with Crippen LogP contribution in [-0.4, -0.2) is 14.8 Å². The first-order valence-electron chi connectivity index (χ1n) is 7.04. The van der Waals surface area contributed by atoms with Crippen LogP contribution < -0.4 is 0 Å². The van der Waals surface area contributed by atoms with Crippen LogP contribution in [0.15, 0.2) is 58.7 Å². The Morgan fingerprint density at radius 3 is 2.65 bits per heavy atom. The molecule has 6 heteroatoms. The summed E-state index contributed by atoms with van der Waals surface area (Å²) in [6, 6.07) is 10.5. The van der Waals surface area contributed by atoms with Crippen molar-refractivity contribution in [3.05, 3.63) is 70.2 Å². The third-order valence-corrected chi connectivity index (χ3v) is 5.05. The summed E-state index contributed by atoms with van der Waals surface area (Å²) in [6.45, 7) is 0.627. The van der Waals surface area contributed by atoms with Crippen LogP contribution in [0, 0.1) is 5.82 Å². The first kappa shape index (κ1) is 14.3. The van der Waals surface area contributed by atoms with Crippen molar-refractivity contribution in [1.29, 1.82) is 0 Å². The van der Waals surface area contributed by atoms with Crippen LogP contribution in [-0.2, 0) is 6.54 Å². The van der Waals surface area contributed by atoms with E-state index in [-0.39, 0.29) is 5.82 Å². The van der Waals surface area contributed by atoms with Gasteiger partial charge in [0.05, 0.1) is 17.9 Å². The standard InChI is InChI=1S/C17H12FN3S2/c18-14-3-1-12(2-4-14)17-19-15(11-23-17)9-21-7-5-16(20-21)13-6-8-22-10-13/h1-8,10-11H,9H2. The highest BCUT2D eigenvalue weighted by molar-refractivity contribution is 7.13. The van der Waals surface area contributed by atoms with Crippen LogP contribution >= 0.6 is 22.7 Å². The third kappa shape index (κ3) is 3.09. The van der Waals surface area contributed by atoms with Crippen molar-refractivity contribution in [1.82, 2.24) is 14.8 Å². The molecule has 0 aliphatic carbocycles. The highest BCUT2D eigenvalue weighted by Crippen LogP contribution is 2.25. The lowest BCUT2D eigenvalue weighted by molar-refractivity contribution is 0.628. The summed E-state index contributed by atoms with van der Waals surface area (Å²) >= 11 is 3.22. The van der Waals surface area contributed by atoms with Crippen LogP contribution in [0.25, 0.3) is 21.8 Å². The van der Waals surface area contributed by atoms with Crippen molar-refractivity contribution < 1.29 is 4.39 Å². The molecule has 0 atom stereocenters. The SMILES string of the molecule is Fc1ccc(-c2nc(Cn3ccc(-c4ccsc4)n3)cs2)cc1. The zero-order valence-electron chi connectivity index (χ0n) is 12.0. The zero-order chi connectivity index (χ0) is 15.6. The molecule has 0 N–H and O–H groups in total. The molecular formula is C17H12FN3S2. The second-order valence-electron chi connectivity index (χ2n) is 5.06. The number of hydrogen-bond donors (Lipinski definition) is 0. The smallest absolute Gasteiger partial charge is 0.123 e. The number of hydrogen-bond acceptors (Lipinski definition) is 4. The largest absolute Gasteiger partial charge is 0.266 e. The molecule has 4 rings (SSSR count). The van der Waals surface area contributed by atoms with Gasteiger partial charge in [0.1, 0.15) is 10.8 Å². The van der Waals surface area contributed by atoms with E-state index in [0.717, 1.165) is 27.5 Å². The quantitative estimate of drug-likeness (QED) is 0.527. The maximum atomic E-state index is 13.0. The highest BCUT2D eigenvalue weighted by atomic mass is 32.1. The Labute approximate surface area is 140 Å². The summed E-state index contributed by atoms with van der Waals surface area (Å²) in [5.41, 5.74) is 4.00. The first-order valence-corrected chi connectivity index (χ1v) is 8.86. The molecule has 3 heterocycles. The van der Waals surface area contributed by atoms with Gasteiger partial charge in [-0.3, -0.25) is 4.68 Å². The molecule has 3 nitrogen and oxygen atoms in total. The minimum atomic E-state index is -0.233. The van der Waals surface area contributed by atoms with Crippen molar-refractivity contribution >= 4 is 22.7 Å². The molecule has 114 valence electrons. The summed E-state index contributed by atoms with van der Waals surface area (Å²) in [5, 5.41) is 11.6. The molecule has 23 heavy (non-hydrogen) atoms. The van der Waals surface area contributed by atoms with Gasteiger partial charge in [-0.15, -0.1) is 11.3 Å². The van der Waals surface area contributed by atoms with E-state index < -0.39 is 0 Å². The fourth-order valence-electron chi connectivity index (χ4n) is 2.28. The molecule has 0 fully saturated rings. The van der Waals surface area contributed by atoms with Gasteiger partial charge >= 0.3 is 0 Å². The highest BCUT2D eigenvalue weighted by Gasteiger charge is 2.07. The average molecular weight is 341 g/mol. The number of thiophene rings is 1. The zero-order valence-corrected chi connectivity index (χ0v) is 13.6. The molecule has 0 spiro atoms. The second kappa shape index (κ2) is 6.06. The number of aromatic nitrogens is 3. The molecule has 0 bridgehead atoms. The lowest BCUT2D eigenvalue weighted by Crippen LogP contribution is -2.00. The van der Waals surface area contributed by atoms with E-state index in [4.69, 9.17) is 0 Å². The number of nitrogens with zero attached hydrogens (tertiary/aromatic N) is 3. The van der Waals surface area contributed by atoms with Gasteiger partial charge in [-0.25, -0.2) is 9.37 Å². The second-order valence-corrected chi connectivity index (χ2v) is 6.70. The number of rotatable bonds is 4. The first-order chi connectivity index (χ1) is 11.3. The Morgan fingerprint density at radius 2 is 1.87 bits per heavy atom. The molecule has 0 saturated heterocycles. The minimum Gasteiger partial charge on any atom is -0.266 e. The topological polar surface area (TPSA) is 30.7 Å². The predicted octanol–water partition coefficient (Wildman–Crippen LogP) is 4.92. The molecule has 0 aliphatic heterocycles. The van der Waals surface area contributed by atoms with E-state index in [9.17, 15) is 4.39 Å². The normalized spacial score (nSPS) is 11.0. The van der Waals surface area contributed by atoms with Gasteiger partial charge in [-0.2, -0.15) is 16.4 Å². The van der Waals surface area contributed by atoms with Crippen LogP contribution in [0.3, 0.4) is 0 Å². The molecule has 3 aromatic heterocycles. The van der Waals surface area contributed by atoms with Crippen LogP contribution in [0.4, 0.5) is 4.39 Å². The van der Waals surface area contributed by atoms with Crippen LogP contribution in [0.1, 0.15) is 5.69 Å². The Bertz CT molecular complexity index is 908. The summed E-state index contributed by atoms with van der Waals surface area (Å²) in [6.07, 6.45) is 1.96. The number of benzene rings is 1.